The number of aliphatic hydroxyl groups is 1. The van der Waals surface area contributed by atoms with E-state index in [9.17, 15) is 28.8 Å². The van der Waals surface area contributed by atoms with Gasteiger partial charge in [-0.2, -0.15) is 0 Å². The van der Waals surface area contributed by atoms with E-state index in [-0.39, 0.29) is 12.8 Å². The Morgan fingerprint density at radius 2 is 0.826 bits per heavy atom. The van der Waals surface area contributed by atoms with E-state index in [0.29, 0.717) is 0 Å². The second-order valence-corrected chi connectivity index (χ2v) is 3.11. The highest BCUT2D eigenvalue weighted by molar-refractivity contribution is 6.31. The average Bonchev–Trinajstić information content (AvgIpc) is 2.38. The molecule has 0 saturated heterocycles. The van der Waals surface area contributed by atoms with Gasteiger partial charge in [0, 0.05) is 14.0 Å². The summed E-state index contributed by atoms with van der Waals surface area (Å²) in [4.78, 5) is 57.0. The molecule has 0 spiro atoms. The molecule has 0 radical (unpaired) electrons. The van der Waals surface area contributed by atoms with Gasteiger partial charge in [-0.15, -0.1) is 0 Å². The normalized spacial score (nSPS) is 7.61. The van der Waals surface area contributed by atoms with Crippen molar-refractivity contribution in [2.75, 3.05) is 7.11 Å². The molecule has 0 amide bonds. The predicted octanol–water partition coefficient (Wildman–Crippen LogP) is -1.25. The highest BCUT2D eigenvalue weighted by atomic mass is 16.4. The highest BCUT2D eigenvalue weighted by Gasteiger charge is 2.02. The Hall–Kier alpha value is -3.02. The molecule has 134 valence electrons. The third kappa shape index (κ3) is 54.9. The molecule has 12 nitrogen and oxygen atoms in total. The van der Waals surface area contributed by atoms with E-state index in [1.54, 1.807) is 0 Å². The van der Waals surface area contributed by atoms with Crippen molar-refractivity contribution in [3.8, 4) is 0 Å². The molecular formula is C11H18O12. The second-order valence-electron chi connectivity index (χ2n) is 3.11. The molecule has 12 heteroatoms. The number of ketones is 1. The number of Topliss-reactive ketones (excluding diaryl/α,β-unsaturated/α-hetero) is 1. The molecule has 0 aromatic carbocycles. The van der Waals surface area contributed by atoms with E-state index in [1.165, 1.54) is 0 Å². The van der Waals surface area contributed by atoms with Crippen molar-refractivity contribution in [1.82, 2.24) is 0 Å². The van der Waals surface area contributed by atoms with Crippen molar-refractivity contribution >= 4 is 35.6 Å². The number of aliphatic carboxylic acids is 5. The molecule has 0 aliphatic carbocycles. The SMILES string of the molecule is CC(=O)C(=O)O.CO.O=C(O)CC(=O)O.O=C(O)CCC(=O)O. The van der Waals surface area contributed by atoms with Crippen LogP contribution in [0.5, 0.6) is 0 Å². The largest absolute Gasteiger partial charge is 0.481 e. The Balaban J connectivity index is -0.000000112. The van der Waals surface area contributed by atoms with Crippen LogP contribution < -0.4 is 0 Å². The smallest absolute Gasteiger partial charge is 0.371 e. The number of hydrogen-bond donors (Lipinski definition) is 6. The number of carbonyl (C=O) groups is 6. The fraction of sp³-hybridized carbons (Fsp3) is 0.455. The lowest BCUT2D eigenvalue weighted by atomic mass is 10.3. The van der Waals surface area contributed by atoms with E-state index < -0.39 is 42.1 Å². The summed E-state index contributed by atoms with van der Waals surface area (Å²) < 4.78 is 0. The Bertz CT molecular complexity index is 373. The van der Waals surface area contributed by atoms with E-state index >= 15 is 0 Å². The summed E-state index contributed by atoms with van der Waals surface area (Å²) in [5, 5.41) is 45.8. The zero-order chi connectivity index (χ0) is 19.6. The van der Waals surface area contributed by atoms with Crippen molar-refractivity contribution in [3.05, 3.63) is 0 Å². The molecule has 6 N–H and O–H groups in total. The lowest BCUT2D eigenvalue weighted by Gasteiger charge is -1.85. The van der Waals surface area contributed by atoms with Crippen molar-refractivity contribution < 1.29 is 59.4 Å². The van der Waals surface area contributed by atoms with Crippen LogP contribution in [0.2, 0.25) is 0 Å². The molecule has 0 aromatic heterocycles. The summed E-state index contributed by atoms with van der Waals surface area (Å²) in [5.74, 6) is -6.98. The predicted molar refractivity (Wildman–Crippen MR) is 70.9 cm³/mol. The Labute approximate surface area is 129 Å². The molecular weight excluding hydrogens is 324 g/mol. The molecule has 0 bridgehead atoms. The summed E-state index contributed by atoms with van der Waals surface area (Å²) in [7, 11) is 1.00. The van der Waals surface area contributed by atoms with Crippen LogP contribution in [0.3, 0.4) is 0 Å². The van der Waals surface area contributed by atoms with Crippen LogP contribution in [-0.4, -0.2) is 73.4 Å². The summed E-state index contributed by atoms with van der Waals surface area (Å²) in [6.07, 6.45) is -1.40. The van der Waals surface area contributed by atoms with Gasteiger partial charge in [-0.1, -0.05) is 0 Å². The van der Waals surface area contributed by atoms with Gasteiger partial charge >= 0.3 is 29.8 Å². The number of carboxylic acid groups (broad SMARTS) is 5. The van der Waals surface area contributed by atoms with Crippen LogP contribution in [-0.2, 0) is 28.8 Å². The van der Waals surface area contributed by atoms with Gasteiger partial charge in [0.05, 0.1) is 12.8 Å². The zero-order valence-corrected chi connectivity index (χ0v) is 12.3. The lowest BCUT2D eigenvalue weighted by Crippen LogP contribution is -2.05. The van der Waals surface area contributed by atoms with E-state index in [4.69, 9.17) is 30.6 Å². The molecule has 0 saturated carbocycles. The van der Waals surface area contributed by atoms with Crippen LogP contribution in [0, 0.1) is 0 Å². The Morgan fingerprint density at radius 1 is 0.609 bits per heavy atom. The fourth-order valence-electron chi connectivity index (χ4n) is 0.343. The number of hydrogen-bond acceptors (Lipinski definition) is 7. The van der Waals surface area contributed by atoms with Gasteiger partial charge in [-0.05, 0) is 0 Å². The van der Waals surface area contributed by atoms with Crippen molar-refractivity contribution in [3.63, 3.8) is 0 Å². The van der Waals surface area contributed by atoms with Gasteiger partial charge < -0.3 is 30.6 Å². The standard InChI is InChI=1S/C4H6O4.C3H4O4.C3H4O3.CH4O/c5-3(6)1-2-4(7)8;4-2(5)1-3(6)7;1-2(4)3(5)6;1-2/h1-2H2,(H,5,6)(H,7,8);1H2,(H,4,5)(H,6,7);1H3,(H,5,6);2H,1H3. The molecule has 0 aliphatic heterocycles. The first kappa shape index (κ1) is 28.2. The average molecular weight is 342 g/mol. The molecule has 0 fully saturated rings. The monoisotopic (exact) mass is 342 g/mol. The van der Waals surface area contributed by atoms with Crippen LogP contribution >= 0.6 is 0 Å². The van der Waals surface area contributed by atoms with Gasteiger partial charge in [0.1, 0.15) is 6.42 Å². The maximum absolute atomic E-state index is 9.64. The number of aliphatic hydroxyl groups excluding tert-OH is 1. The molecule has 0 aliphatic rings. The van der Waals surface area contributed by atoms with Gasteiger partial charge in [-0.3, -0.25) is 24.0 Å². The number of carbonyl (C=O) groups excluding carboxylic acids is 1. The van der Waals surface area contributed by atoms with Crippen LogP contribution in [0.1, 0.15) is 26.2 Å². The molecule has 0 rings (SSSR count). The second kappa shape index (κ2) is 19.0. The molecule has 0 unspecified atom stereocenters. The first-order valence-electron chi connectivity index (χ1n) is 5.45. The summed E-state index contributed by atoms with van der Waals surface area (Å²) in [6.45, 7) is 1.00. The van der Waals surface area contributed by atoms with Crippen LogP contribution in [0.15, 0.2) is 0 Å². The van der Waals surface area contributed by atoms with Gasteiger partial charge in [-0.25, -0.2) is 4.79 Å². The highest BCUT2D eigenvalue weighted by Crippen LogP contribution is 1.86. The van der Waals surface area contributed by atoms with E-state index in [0.717, 1.165) is 14.0 Å². The van der Waals surface area contributed by atoms with Gasteiger partial charge in [0.2, 0.25) is 5.78 Å². The maximum atomic E-state index is 9.64. The molecule has 0 aromatic rings. The van der Waals surface area contributed by atoms with E-state index in [1.807, 2.05) is 0 Å². The third-order valence-electron chi connectivity index (χ3n) is 1.16. The Morgan fingerprint density at radius 3 is 0.870 bits per heavy atom. The topological polar surface area (TPSA) is 224 Å². The first-order chi connectivity index (χ1) is 10.4. The minimum absolute atomic E-state index is 0.296. The summed E-state index contributed by atoms with van der Waals surface area (Å²) in [5.41, 5.74) is 0. The molecule has 0 heterocycles. The first-order valence-corrected chi connectivity index (χ1v) is 5.45. The fourth-order valence-corrected chi connectivity index (χ4v) is 0.343. The minimum atomic E-state index is -1.38. The third-order valence-corrected chi connectivity index (χ3v) is 1.16. The van der Waals surface area contributed by atoms with Gasteiger partial charge in [0.25, 0.3) is 0 Å². The summed E-state index contributed by atoms with van der Waals surface area (Å²) in [6, 6.07) is 0. The maximum Gasteiger partial charge on any atom is 0.371 e. The van der Waals surface area contributed by atoms with Gasteiger partial charge in [0.15, 0.2) is 0 Å². The minimum Gasteiger partial charge on any atom is -0.481 e. The summed E-state index contributed by atoms with van der Waals surface area (Å²) >= 11 is 0. The number of carboxylic acids is 5. The lowest BCUT2D eigenvalue weighted by molar-refractivity contribution is -0.148. The molecule has 0 atom stereocenters. The zero-order valence-electron chi connectivity index (χ0n) is 12.3. The van der Waals surface area contributed by atoms with Crippen molar-refractivity contribution in [2.45, 2.75) is 26.2 Å². The number of rotatable bonds is 6. The Kier molecular flexibility index (Phi) is 23.3. The van der Waals surface area contributed by atoms with Crippen molar-refractivity contribution in [1.29, 1.82) is 0 Å². The molecule has 23 heavy (non-hydrogen) atoms. The van der Waals surface area contributed by atoms with Crippen LogP contribution in [0.4, 0.5) is 0 Å². The quantitative estimate of drug-likeness (QED) is 0.246. The van der Waals surface area contributed by atoms with Crippen LogP contribution in [0.25, 0.3) is 0 Å². The van der Waals surface area contributed by atoms with E-state index in [2.05, 4.69) is 0 Å². The van der Waals surface area contributed by atoms with Crippen molar-refractivity contribution in [2.24, 2.45) is 0 Å².